The molecule has 0 aliphatic rings. The number of carboxylic acids is 1. The number of thioether (sulfide) groups is 1. The summed E-state index contributed by atoms with van der Waals surface area (Å²) in [6.45, 7) is 4.06. The van der Waals surface area contributed by atoms with E-state index < -0.39 is 17.6 Å². The lowest BCUT2D eigenvalue weighted by Crippen LogP contribution is -2.47. The summed E-state index contributed by atoms with van der Waals surface area (Å²) in [6, 6.07) is -0.548. The SMILES string of the molecule is CCCCC(NCC(C)(O)CSC)C(=O)O. The van der Waals surface area contributed by atoms with Crippen molar-refractivity contribution in [3.63, 3.8) is 0 Å². The van der Waals surface area contributed by atoms with E-state index in [4.69, 9.17) is 5.11 Å². The van der Waals surface area contributed by atoms with Crippen molar-refractivity contribution in [3.8, 4) is 0 Å². The number of hydrogen-bond donors (Lipinski definition) is 3. The molecular weight excluding hydrogens is 226 g/mol. The van der Waals surface area contributed by atoms with Crippen molar-refractivity contribution in [2.45, 2.75) is 44.8 Å². The normalized spacial score (nSPS) is 16.8. The van der Waals surface area contributed by atoms with E-state index in [-0.39, 0.29) is 0 Å². The van der Waals surface area contributed by atoms with Crippen LogP contribution < -0.4 is 5.32 Å². The molecular formula is C11H23NO3S. The van der Waals surface area contributed by atoms with Gasteiger partial charge in [0.1, 0.15) is 6.04 Å². The second-order valence-electron chi connectivity index (χ2n) is 4.34. The highest BCUT2D eigenvalue weighted by atomic mass is 32.2. The summed E-state index contributed by atoms with van der Waals surface area (Å²) >= 11 is 1.55. The van der Waals surface area contributed by atoms with Gasteiger partial charge in [0.15, 0.2) is 0 Å². The second-order valence-corrected chi connectivity index (χ2v) is 5.21. The summed E-state index contributed by atoms with van der Waals surface area (Å²) in [5.41, 5.74) is -0.848. The number of nitrogens with one attached hydrogen (secondary N) is 1. The minimum Gasteiger partial charge on any atom is -0.480 e. The number of carbonyl (C=O) groups is 1. The fourth-order valence-corrected chi connectivity index (χ4v) is 2.15. The smallest absolute Gasteiger partial charge is 0.320 e. The topological polar surface area (TPSA) is 69.6 Å². The number of aliphatic carboxylic acids is 1. The minimum atomic E-state index is -0.848. The first kappa shape index (κ1) is 15.7. The summed E-state index contributed by atoms with van der Waals surface area (Å²) in [6.07, 6.45) is 4.39. The van der Waals surface area contributed by atoms with Crippen molar-refractivity contribution in [1.82, 2.24) is 5.32 Å². The maximum absolute atomic E-state index is 10.9. The number of unbranched alkanes of at least 4 members (excludes halogenated alkanes) is 1. The molecule has 2 atom stereocenters. The van der Waals surface area contributed by atoms with Crippen molar-refractivity contribution in [3.05, 3.63) is 0 Å². The molecule has 0 radical (unpaired) electrons. The molecule has 5 heteroatoms. The number of aliphatic hydroxyl groups is 1. The van der Waals surface area contributed by atoms with Crippen molar-refractivity contribution >= 4 is 17.7 Å². The largest absolute Gasteiger partial charge is 0.480 e. The summed E-state index contributed by atoms with van der Waals surface area (Å²) in [4.78, 5) is 10.9. The first-order valence-electron chi connectivity index (χ1n) is 5.60. The van der Waals surface area contributed by atoms with E-state index in [1.54, 1.807) is 18.7 Å². The van der Waals surface area contributed by atoms with Crippen LogP contribution in [-0.2, 0) is 4.79 Å². The van der Waals surface area contributed by atoms with Crippen LogP contribution in [0, 0.1) is 0 Å². The Labute approximate surface area is 102 Å². The zero-order valence-corrected chi connectivity index (χ0v) is 11.1. The van der Waals surface area contributed by atoms with E-state index in [9.17, 15) is 9.90 Å². The third-order valence-corrected chi connectivity index (χ3v) is 3.24. The van der Waals surface area contributed by atoms with E-state index in [1.807, 2.05) is 13.2 Å². The molecule has 0 aromatic heterocycles. The van der Waals surface area contributed by atoms with E-state index in [0.717, 1.165) is 12.8 Å². The predicted octanol–water partition coefficient (Wildman–Crippen LogP) is 1.33. The van der Waals surface area contributed by atoms with Crippen LogP contribution in [0.25, 0.3) is 0 Å². The molecule has 0 spiro atoms. The molecule has 2 unspecified atom stereocenters. The first-order chi connectivity index (χ1) is 7.43. The van der Waals surface area contributed by atoms with Gasteiger partial charge in [-0.3, -0.25) is 4.79 Å². The van der Waals surface area contributed by atoms with Gasteiger partial charge in [-0.25, -0.2) is 0 Å². The summed E-state index contributed by atoms with van der Waals surface area (Å²) in [5.74, 6) is -0.242. The molecule has 0 saturated carbocycles. The van der Waals surface area contributed by atoms with Gasteiger partial charge < -0.3 is 15.5 Å². The molecule has 0 aliphatic carbocycles. The zero-order valence-electron chi connectivity index (χ0n) is 10.3. The molecule has 0 fully saturated rings. The quantitative estimate of drug-likeness (QED) is 0.575. The number of hydrogen-bond acceptors (Lipinski definition) is 4. The van der Waals surface area contributed by atoms with Crippen LogP contribution in [0.5, 0.6) is 0 Å². The maximum Gasteiger partial charge on any atom is 0.320 e. The fraction of sp³-hybridized carbons (Fsp3) is 0.909. The van der Waals surface area contributed by atoms with E-state index in [0.29, 0.717) is 18.7 Å². The molecule has 96 valence electrons. The van der Waals surface area contributed by atoms with Crippen LogP contribution in [0.1, 0.15) is 33.1 Å². The van der Waals surface area contributed by atoms with Crippen molar-refractivity contribution in [2.24, 2.45) is 0 Å². The van der Waals surface area contributed by atoms with Crippen molar-refractivity contribution < 1.29 is 15.0 Å². The predicted molar refractivity (Wildman–Crippen MR) is 68.0 cm³/mol. The summed E-state index contributed by atoms with van der Waals surface area (Å²) in [7, 11) is 0. The van der Waals surface area contributed by atoms with Gasteiger partial charge in [0.25, 0.3) is 0 Å². The van der Waals surface area contributed by atoms with Crippen LogP contribution >= 0.6 is 11.8 Å². The lowest BCUT2D eigenvalue weighted by Gasteiger charge is -2.25. The second kappa shape index (κ2) is 7.92. The van der Waals surface area contributed by atoms with Crippen LogP contribution in [0.4, 0.5) is 0 Å². The summed E-state index contributed by atoms with van der Waals surface area (Å²) in [5, 5.41) is 21.8. The molecule has 0 saturated heterocycles. The third-order valence-electron chi connectivity index (χ3n) is 2.33. The van der Waals surface area contributed by atoms with Gasteiger partial charge in [-0.15, -0.1) is 0 Å². The van der Waals surface area contributed by atoms with Gasteiger partial charge in [-0.1, -0.05) is 19.8 Å². The first-order valence-corrected chi connectivity index (χ1v) is 7.00. The monoisotopic (exact) mass is 249 g/mol. The molecule has 0 amide bonds. The molecule has 16 heavy (non-hydrogen) atoms. The summed E-state index contributed by atoms with van der Waals surface area (Å²) < 4.78 is 0. The average molecular weight is 249 g/mol. The third kappa shape index (κ3) is 7.09. The average Bonchev–Trinajstić information content (AvgIpc) is 2.17. The van der Waals surface area contributed by atoms with E-state index in [1.165, 1.54) is 0 Å². The Bertz CT molecular complexity index is 209. The molecule has 3 N–H and O–H groups in total. The van der Waals surface area contributed by atoms with Gasteiger partial charge in [-0.2, -0.15) is 11.8 Å². The van der Waals surface area contributed by atoms with Crippen LogP contribution in [0.15, 0.2) is 0 Å². The van der Waals surface area contributed by atoms with Gasteiger partial charge >= 0.3 is 5.97 Å². The lowest BCUT2D eigenvalue weighted by molar-refractivity contribution is -0.139. The van der Waals surface area contributed by atoms with Crippen LogP contribution in [0.2, 0.25) is 0 Å². The Morgan fingerprint density at radius 3 is 2.62 bits per heavy atom. The lowest BCUT2D eigenvalue weighted by atomic mass is 10.1. The Balaban J connectivity index is 4.05. The van der Waals surface area contributed by atoms with Crippen LogP contribution in [-0.4, -0.2) is 46.4 Å². The van der Waals surface area contributed by atoms with Gasteiger partial charge in [-0.05, 0) is 19.6 Å². The molecule has 0 rings (SSSR count). The minimum absolute atomic E-state index is 0.314. The Morgan fingerprint density at radius 1 is 1.56 bits per heavy atom. The molecule has 4 nitrogen and oxygen atoms in total. The zero-order chi connectivity index (χ0) is 12.6. The molecule has 0 aromatic rings. The Hall–Kier alpha value is -0.260. The van der Waals surface area contributed by atoms with Gasteiger partial charge in [0.2, 0.25) is 0 Å². The van der Waals surface area contributed by atoms with Crippen molar-refractivity contribution in [1.29, 1.82) is 0 Å². The maximum atomic E-state index is 10.9. The highest BCUT2D eigenvalue weighted by Crippen LogP contribution is 2.10. The highest BCUT2D eigenvalue weighted by Gasteiger charge is 2.23. The van der Waals surface area contributed by atoms with Crippen molar-refractivity contribution in [2.75, 3.05) is 18.6 Å². The van der Waals surface area contributed by atoms with Gasteiger partial charge in [0, 0.05) is 12.3 Å². The van der Waals surface area contributed by atoms with Gasteiger partial charge in [0.05, 0.1) is 5.60 Å². The number of rotatable bonds is 9. The number of carboxylic acid groups (broad SMARTS) is 1. The van der Waals surface area contributed by atoms with E-state index >= 15 is 0 Å². The highest BCUT2D eigenvalue weighted by molar-refractivity contribution is 7.98. The standard InChI is InChI=1S/C11H23NO3S/c1-4-5-6-9(10(13)14)12-7-11(2,15)8-16-3/h9,12,15H,4-8H2,1-3H3,(H,13,14). The molecule has 0 aliphatic heterocycles. The van der Waals surface area contributed by atoms with Crippen LogP contribution in [0.3, 0.4) is 0 Å². The molecule has 0 heterocycles. The van der Waals surface area contributed by atoms with E-state index in [2.05, 4.69) is 5.32 Å². The fourth-order valence-electron chi connectivity index (χ4n) is 1.43. The Kier molecular flexibility index (Phi) is 7.80. The Morgan fingerprint density at radius 2 is 2.19 bits per heavy atom. The molecule has 0 aromatic carbocycles. The molecule has 0 bridgehead atoms.